The van der Waals surface area contributed by atoms with Crippen LogP contribution in [0.3, 0.4) is 0 Å². The van der Waals surface area contributed by atoms with E-state index in [0.29, 0.717) is 0 Å². The number of hydrogen-bond donors (Lipinski definition) is 1. The predicted octanol–water partition coefficient (Wildman–Crippen LogP) is 3.13. The second kappa shape index (κ2) is 5.80. The maximum Gasteiger partial charge on any atom is 0.165 e. The van der Waals surface area contributed by atoms with Gasteiger partial charge in [0.05, 0.1) is 5.69 Å². The van der Waals surface area contributed by atoms with Gasteiger partial charge in [0, 0.05) is 12.2 Å². The molecule has 0 amide bonds. The van der Waals surface area contributed by atoms with Gasteiger partial charge >= 0.3 is 0 Å². The Morgan fingerprint density at radius 1 is 1.37 bits per heavy atom. The first kappa shape index (κ1) is 13.5. The monoisotopic (exact) mass is 260 g/mol. The SMILES string of the molecule is Cc1cccnc1COc1ccc([C@@H](C)N)cc1F. The van der Waals surface area contributed by atoms with Crippen LogP contribution in [0, 0.1) is 12.7 Å². The Balaban J connectivity index is 2.10. The molecule has 2 aromatic rings. The molecule has 4 heteroatoms. The molecule has 1 aromatic heterocycles. The number of nitrogens with two attached hydrogens (primary N) is 1. The molecule has 0 saturated carbocycles. The van der Waals surface area contributed by atoms with Crippen LogP contribution in [0.1, 0.15) is 29.8 Å². The number of halogens is 1. The molecular weight excluding hydrogens is 243 g/mol. The van der Waals surface area contributed by atoms with Gasteiger partial charge in [0.1, 0.15) is 6.61 Å². The molecule has 0 saturated heterocycles. The van der Waals surface area contributed by atoms with Crippen LogP contribution in [-0.2, 0) is 6.61 Å². The van der Waals surface area contributed by atoms with Crippen molar-refractivity contribution in [2.24, 2.45) is 5.73 Å². The van der Waals surface area contributed by atoms with Crippen LogP contribution in [0.2, 0.25) is 0 Å². The van der Waals surface area contributed by atoms with Crippen molar-refractivity contribution in [1.82, 2.24) is 4.98 Å². The Labute approximate surface area is 112 Å². The van der Waals surface area contributed by atoms with Gasteiger partial charge in [-0.05, 0) is 43.2 Å². The molecule has 0 aliphatic rings. The summed E-state index contributed by atoms with van der Waals surface area (Å²) < 4.78 is 19.3. The fourth-order valence-electron chi connectivity index (χ4n) is 1.73. The van der Waals surface area contributed by atoms with E-state index in [9.17, 15) is 4.39 Å². The third-order valence-corrected chi connectivity index (χ3v) is 2.96. The first-order chi connectivity index (χ1) is 9.08. The zero-order valence-corrected chi connectivity index (χ0v) is 11.1. The summed E-state index contributed by atoms with van der Waals surface area (Å²) in [5.74, 6) is -0.183. The lowest BCUT2D eigenvalue weighted by molar-refractivity contribution is 0.285. The van der Waals surface area contributed by atoms with Gasteiger partial charge in [-0.1, -0.05) is 12.1 Å². The summed E-state index contributed by atoms with van der Waals surface area (Å²) in [6.07, 6.45) is 1.70. The predicted molar refractivity (Wildman–Crippen MR) is 72.3 cm³/mol. The highest BCUT2D eigenvalue weighted by molar-refractivity contribution is 5.31. The van der Waals surface area contributed by atoms with Crippen molar-refractivity contribution in [3.8, 4) is 5.75 Å². The molecule has 0 aliphatic carbocycles. The minimum Gasteiger partial charge on any atom is -0.484 e. The number of aromatic nitrogens is 1. The highest BCUT2D eigenvalue weighted by atomic mass is 19.1. The molecule has 0 bridgehead atoms. The zero-order valence-electron chi connectivity index (χ0n) is 11.1. The van der Waals surface area contributed by atoms with E-state index in [1.807, 2.05) is 26.0 Å². The van der Waals surface area contributed by atoms with Gasteiger partial charge in [0.25, 0.3) is 0 Å². The van der Waals surface area contributed by atoms with Crippen molar-refractivity contribution in [2.45, 2.75) is 26.5 Å². The lowest BCUT2D eigenvalue weighted by atomic mass is 10.1. The molecule has 2 N–H and O–H groups in total. The van der Waals surface area contributed by atoms with Crippen LogP contribution in [0.25, 0.3) is 0 Å². The number of rotatable bonds is 4. The van der Waals surface area contributed by atoms with E-state index in [-0.39, 0.29) is 18.4 Å². The number of hydrogen-bond acceptors (Lipinski definition) is 3. The standard InChI is InChI=1S/C15H17FN2O/c1-10-4-3-7-18-14(10)9-19-15-6-5-12(11(2)17)8-13(15)16/h3-8,11H,9,17H2,1-2H3/t11-/m1/s1. The molecule has 1 aromatic carbocycles. The smallest absolute Gasteiger partial charge is 0.165 e. The van der Waals surface area contributed by atoms with Crippen molar-refractivity contribution in [1.29, 1.82) is 0 Å². The number of ether oxygens (including phenoxy) is 1. The van der Waals surface area contributed by atoms with Crippen molar-refractivity contribution in [2.75, 3.05) is 0 Å². The molecule has 1 atom stereocenters. The summed E-state index contributed by atoms with van der Waals surface area (Å²) in [4.78, 5) is 4.20. The van der Waals surface area contributed by atoms with Gasteiger partial charge in [-0.2, -0.15) is 0 Å². The Morgan fingerprint density at radius 2 is 2.16 bits per heavy atom. The van der Waals surface area contributed by atoms with Crippen LogP contribution in [0.5, 0.6) is 5.75 Å². The first-order valence-corrected chi connectivity index (χ1v) is 6.16. The molecule has 1 heterocycles. The summed E-state index contributed by atoms with van der Waals surface area (Å²) in [6, 6.07) is 8.39. The van der Waals surface area contributed by atoms with Gasteiger partial charge in [0.15, 0.2) is 11.6 Å². The Morgan fingerprint density at radius 3 is 2.79 bits per heavy atom. The third-order valence-electron chi connectivity index (χ3n) is 2.96. The Kier molecular flexibility index (Phi) is 4.12. The average molecular weight is 260 g/mol. The summed E-state index contributed by atoms with van der Waals surface area (Å²) in [7, 11) is 0. The second-order valence-electron chi connectivity index (χ2n) is 4.53. The minimum absolute atomic E-state index is 0.193. The van der Waals surface area contributed by atoms with Gasteiger partial charge < -0.3 is 10.5 Å². The Bertz CT molecular complexity index is 570. The van der Waals surface area contributed by atoms with Crippen molar-refractivity contribution in [3.63, 3.8) is 0 Å². The van der Waals surface area contributed by atoms with Gasteiger partial charge in [-0.25, -0.2) is 4.39 Å². The van der Waals surface area contributed by atoms with E-state index in [1.165, 1.54) is 6.07 Å². The molecule has 3 nitrogen and oxygen atoms in total. The van der Waals surface area contributed by atoms with E-state index in [0.717, 1.165) is 16.8 Å². The number of aryl methyl sites for hydroxylation is 1. The van der Waals surface area contributed by atoms with Gasteiger partial charge in [-0.15, -0.1) is 0 Å². The van der Waals surface area contributed by atoms with E-state index in [2.05, 4.69) is 4.98 Å². The second-order valence-corrected chi connectivity index (χ2v) is 4.53. The maximum absolute atomic E-state index is 13.8. The quantitative estimate of drug-likeness (QED) is 0.918. The molecule has 0 fully saturated rings. The lowest BCUT2D eigenvalue weighted by Crippen LogP contribution is -2.06. The largest absolute Gasteiger partial charge is 0.484 e. The van der Waals surface area contributed by atoms with Crippen LogP contribution >= 0.6 is 0 Å². The Hall–Kier alpha value is -1.94. The molecule has 0 radical (unpaired) electrons. The lowest BCUT2D eigenvalue weighted by Gasteiger charge is -2.11. The van der Waals surface area contributed by atoms with Gasteiger partial charge in [-0.3, -0.25) is 4.98 Å². The van der Waals surface area contributed by atoms with Crippen molar-refractivity contribution >= 4 is 0 Å². The molecule has 100 valence electrons. The highest BCUT2D eigenvalue weighted by Gasteiger charge is 2.08. The molecule has 19 heavy (non-hydrogen) atoms. The molecule has 0 aliphatic heterocycles. The minimum atomic E-state index is -0.400. The van der Waals surface area contributed by atoms with Crippen LogP contribution in [0.15, 0.2) is 36.5 Å². The molecular formula is C15H17FN2O. The summed E-state index contributed by atoms with van der Waals surface area (Å²) in [5.41, 5.74) is 8.28. The van der Waals surface area contributed by atoms with Crippen LogP contribution in [-0.4, -0.2) is 4.98 Å². The fourth-order valence-corrected chi connectivity index (χ4v) is 1.73. The van der Waals surface area contributed by atoms with E-state index >= 15 is 0 Å². The summed E-state index contributed by atoms with van der Waals surface area (Å²) >= 11 is 0. The van der Waals surface area contributed by atoms with Crippen LogP contribution < -0.4 is 10.5 Å². The normalized spacial score (nSPS) is 12.2. The number of nitrogens with zero attached hydrogens (tertiary/aromatic N) is 1. The average Bonchev–Trinajstić information content (AvgIpc) is 2.39. The highest BCUT2D eigenvalue weighted by Crippen LogP contribution is 2.22. The molecule has 0 spiro atoms. The molecule has 2 rings (SSSR count). The first-order valence-electron chi connectivity index (χ1n) is 6.16. The van der Waals surface area contributed by atoms with Crippen molar-refractivity contribution < 1.29 is 9.13 Å². The zero-order chi connectivity index (χ0) is 13.8. The third kappa shape index (κ3) is 3.29. The molecule has 0 unspecified atom stereocenters. The van der Waals surface area contributed by atoms with Crippen molar-refractivity contribution in [3.05, 3.63) is 59.2 Å². The summed E-state index contributed by atoms with van der Waals surface area (Å²) in [6.45, 7) is 4.01. The van der Waals surface area contributed by atoms with Crippen LogP contribution in [0.4, 0.5) is 4.39 Å². The van der Waals surface area contributed by atoms with E-state index in [1.54, 1.807) is 18.3 Å². The topological polar surface area (TPSA) is 48.1 Å². The van der Waals surface area contributed by atoms with E-state index in [4.69, 9.17) is 10.5 Å². The maximum atomic E-state index is 13.8. The number of benzene rings is 1. The number of pyridine rings is 1. The fraction of sp³-hybridized carbons (Fsp3) is 0.267. The summed E-state index contributed by atoms with van der Waals surface area (Å²) in [5, 5.41) is 0. The van der Waals surface area contributed by atoms with Gasteiger partial charge in [0.2, 0.25) is 0 Å². The van der Waals surface area contributed by atoms with E-state index < -0.39 is 5.82 Å².